The SMILES string of the molecule is Cc1csc(N2CCC(C(=O)N(C)C)C2)n1. The Bertz CT molecular complexity index is 388. The van der Waals surface area contributed by atoms with Gasteiger partial charge in [-0.15, -0.1) is 11.3 Å². The summed E-state index contributed by atoms with van der Waals surface area (Å²) >= 11 is 1.66. The van der Waals surface area contributed by atoms with Gasteiger partial charge >= 0.3 is 0 Å². The monoisotopic (exact) mass is 239 g/mol. The molecule has 0 N–H and O–H groups in total. The molecule has 0 saturated carbocycles. The Morgan fingerprint density at radius 1 is 1.62 bits per heavy atom. The number of hydrogen-bond acceptors (Lipinski definition) is 4. The van der Waals surface area contributed by atoms with E-state index in [2.05, 4.69) is 15.3 Å². The highest BCUT2D eigenvalue weighted by atomic mass is 32.1. The highest BCUT2D eigenvalue weighted by molar-refractivity contribution is 7.13. The first kappa shape index (κ1) is 11.4. The minimum absolute atomic E-state index is 0.138. The van der Waals surface area contributed by atoms with Crippen molar-refractivity contribution in [1.29, 1.82) is 0 Å². The third kappa shape index (κ3) is 2.19. The van der Waals surface area contributed by atoms with Crippen molar-refractivity contribution in [3.8, 4) is 0 Å². The summed E-state index contributed by atoms with van der Waals surface area (Å²) in [5, 5.41) is 3.10. The number of thiazole rings is 1. The van der Waals surface area contributed by atoms with Gasteiger partial charge < -0.3 is 9.80 Å². The second-order valence-electron chi connectivity index (χ2n) is 4.44. The maximum absolute atomic E-state index is 11.8. The molecular formula is C11H17N3OS. The Balaban J connectivity index is 2.01. The van der Waals surface area contributed by atoms with Gasteiger partial charge in [-0.05, 0) is 13.3 Å². The molecule has 2 rings (SSSR count). The number of anilines is 1. The van der Waals surface area contributed by atoms with E-state index in [1.54, 1.807) is 16.2 Å². The van der Waals surface area contributed by atoms with E-state index >= 15 is 0 Å². The van der Waals surface area contributed by atoms with Crippen LogP contribution in [0.3, 0.4) is 0 Å². The summed E-state index contributed by atoms with van der Waals surface area (Å²) in [6.07, 6.45) is 0.940. The van der Waals surface area contributed by atoms with E-state index in [0.717, 1.165) is 30.3 Å². The summed E-state index contributed by atoms with van der Waals surface area (Å²) in [6.45, 7) is 3.75. The molecule has 2 heterocycles. The van der Waals surface area contributed by atoms with Gasteiger partial charge in [-0.25, -0.2) is 4.98 Å². The van der Waals surface area contributed by atoms with Crippen molar-refractivity contribution in [3.63, 3.8) is 0 Å². The average Bonchev–Trinajstić information content (AvgIpc) is 2.84. The molecule has 0 radical (unpaired) electrons. The lowest BCUT2D eigenvalue weighted by Gasteiger charge is -2.17. The second-order valence-corrected chi connectivity index (χ2v) is 5.27. The van der Waals surface area contributed by atoms with Crippen LogP contribution in [0.25, 0.3) is 0 Å². The van der Waals surface area contributed by atoms with Gasteiger partial charge in [-0.2, -0.15) is 0 Å². The predicted molar refractivity (Wildman–Crippen MR) is 65.9 cm³/mol. The van der Waals surface area contributed by atoms with Crippen LogP contribution in [0, 0.1) is 12.8 Å². The summed E-state index contributed by atoms with van der Waals surface area (Å²) < 4.78 is 0. The number of rotatable bonds is 2. The number of aromatic nitrogens is 1. The molecule has 4 nitrogen and oxygen atoms in total. The zero-order valence-electron chi connectivity index (χ0n) is 9.93. The molecule has 5 heteroatoms. The zero-order valence-corrected chi connectivity index (χ0v) is 10.8. The summed E-state index contributed by atoms with van der Waals surface area (Å²) in [6, 6.07) is 0. The summed E-state index contributed by atoms with van der Waals surface area (Å²) in [4.78, 5) is 20.2. The van der Waals surface area contributed by atoms with Gasteiger partial charge in [-0.3, -0.25) is 4.79 Å². The van der Waals surface area contributed by atoms with Gasteiger partial charge in [-0.1, -0.05) is 0 Å². The third-order valence-corrected chi connectivity index (χ3v) is 3.87. The van der Waals surface area contributed by atoms with Gasteiger partial charge in [0.05, 0.1) is 11.6 Å². The number of amides is 1. The largest absolute Gasteiger partial charge is 0.349 e. The van der Waals surface area contributed by atoms with Crippen LogP contribution in [0.4, 0.5) is 5.13 Å². The Hall–Kier alpha value is -1.10. The van der Waals surface area contributed by atoms with E-state index in [0.29, 0.717) is 0 Å². The van der Waals surface area contributed by atoms with E-state index in [-0.39, 0.29) is 11.8 Å². The Labute approximate surface area is 99.9 Å². The quantitative estimate of drug-likeness (QED) is 0.782. The molecule has 1 aliphatic heterocycles. The van der Waals surface area contributed by atoms with Crippen LogP contribution in [-0.2, 0) is 4.79 Å². The van der Waals surface area contributed by atoms with Gasteiger partial charge in [0.2, 0.25) is 5.91 Å². The number of hydrogen-bond donors (Lipinski definition) is 0. The van der Waals surface area contributed by atoms with Crippen LogP contribution >= 0.6 is 11.3 Å². The number of carbonyl (C=O) groups is 1. The summed E-state index contributed by atoms with van der Waals surface area (Å²) in [5.41, 5.74) is 1.06. The molecule has 0 aliphatic carbocycles. The summed E-state index contributed by atoms with van der Waals surface area (Å²) in [7, 11) is 3.64. The van der Waals surface area contributed by atoms with Crippen LogP contribution in [0.1, 0.15) is 12.1 Å². The van der Waals surface area contributed by atoms with E-state index in [1.165, 1.54) is 0 Å². The smallest absolute Gasteiger partial charge is 0.227 e. The fourth-order valence-corrected chi connectivity index (χ4v) is 2.83. The fourth-order valence-electron chi connectivity index (χ4n) is 1.99. The standard InChI is InChI=1S/C11H17N3OS/c1-8-7-16-11(12-8)14-5-4-9(6-14)10(15)13(2)3/h7,9H,4-6H2,1-3H3. The Morgan fingerprint density at radius 3 is 2.94 bits per heavy atom. The first-order chi connectivity index (χ1) is 7.58. The molecule has 88 valence electrons. The van der Waals surface area contributed by atoms with Crippen LogP contribution in [0.2, 0.25) is 0 Å². The Morgan fingerprint density at radius 2 is 2.38 bits per heavy atom. The lowest BCUT2D eigenvalue weighted by atomic mass is 10.1. The summed E-state index contributed by atoms with van der Waals surface area (Å²) in [5.74, 6) is 0.370. The predicted octanol–water partition coefficient (Wildman–Crippen LogP) is 1.37. The molecule has 1 aliphatic rings. The van der Waals surface area contributed by atoms with E-state index in [9.17, 15) is 4.79 Å². The van der Waals surface area contributed by atoms with E-state index < -0.39 is 0 Å². The van der Waals surface area contributed by atoms with Crippen LogP contribution in [-0.4, -0.2) is 43.0 Å². The number of aryl methyl sites for hydroxylation is 1. The molecule has 1 saturated heterocycles. The maximum atomic E-state index is 11.8. The number of carbonyl (C=O) groups excluding carboxylic acids is 1. The molecule has 0 bridgehead atoms. The van der Waals surface area contributed by atoms with Crippen LogP contribution < -0.4 is 4.90 Å². The molecule has 0 spiro atoms. The molecule has 1 fully saturated rings. The minimum Gasteiger partial charge on any atom is -0.349 e. The Kier molecular flexibility index (Phi) is 3.14. The third-order valence-electron chi connectivity index (χ3n) is 2.86. The van der Waals surface area contributed by atoms with Crippen molar-refractivity contribution in [2.45, 2.75) is 13.3 Å². The normalized spacial score (nSPS) is 20.2. The highest BCUT2D eigenvalue weighted by Crippen LogP contribution is 2.27. The maximum Gasteiger partial charge on any atom is 0.227 e. The van der Waals surface area contributed by atoms with E-state index in [1.807, 2.05) is 21.0 Å². The van der Waals surface area contributed by atoms with Gasteiger partial charge in [0.25, 0.3) is 0 Å². The molecule has 1 atom stereocenters. The fraction of sp³-hybridized carbons (Fsp3) is 0.636. The van der Waals surface area contributed by atoms with Crippen molar-refractivity contribution in [3.05, 3.63) is 11.1 Å². The molecule has 1 unspecified atom stereocenters. The average molecular weight is 239 g/mol. The van der Waals surface area contributed by atoms with Crippen molar-refractivity contribution in [2.24, 2.45) is 5.92 Å². The lowest BCUT2D eigenvalue weighted by Crippen LogP contribution is -2.31. The van der Waals surface area contributed by atoms with Crippen LogP contribution in [0.15, 0.2) is 5.38 Å². The van der Waals surface area contributed by atoms with Gasteiger partial charge in [0, 0.05) is 32.6 Å². The van der Waals surface area contributed by atoms with Gasteiger partial charge in [0.1, 0.15) is 0 Å². The molecule has 1 amide bonds. The van der Waals surface area contributed by atoms with Gasteiger partial charge in [0.15, 0.2) is 5.13 Å². The topological polar surface area (TPSA) is 36.4 Å². The first-order valence-corrected chi connectivity index (χ1v) is 6.34. The molecule has 0 aromatic carbocycles. The highest BCUT2D eigenvalue weighted by Gasteiger charge is 2.30. The van der Waals surface area contributed by atoms with E-state index in [4.69, 9.17) is 0 Å². The van der Waals surface area contributed by atoms with Crippen molar-refractivity contribution < 1.29 is 4.79 Å². The van der Waals surface area contributed by atoms with Crippen molar-refractivity contribution in [1.82, 2.24) is 9.88 Å². The number of nitrogens with zero attached hydrogens (tertiary/aromatic N) is 3. The molecule has 1 aromatic rings. The first-order valence-electron chi connectivity index (χ1n) is 5.46. The minimum atomic E-state index is 0.138. The second kappa shape index (κ2) is 4.41. The van der Waals surface area contributed by atoms with Crippen molar-refractivity contribution in [2.75, 3.05) is 32.1 Å². The molecule has 1 aromatic heterocycles. The lowest BCUT2D eigenvalue weighted by molar-refractivity contribution is -0.132. The molecule has 16 heavy (non-hydrogen) atoms. The molecular weight excluding hydrogens is 222 g/mol. The van der Waals surface area contributed by atoms with Crippen molar-refractivity contribution >= 4 is 22.4 Å². The zero-order chi connectivity index (χ0) is 11.7. The van der Waals surface area contributed by atoms with Crippen LogP contribution in [0.5, 0.6) is 0 Å².